The summed E-state index contributed by atoms with van der Waals surface area (Å²) in [7, 11) is 3.66. The molecule has 0 radical (unpaired) electrons. The molecule has 2 aromatic rings. The molecule has 0 N–H and O–H groups in total. The van der Waals surface area contributed by atoms with Gasteiger partial charge >= 0.3 is 0 Å². The van der Waals surface area contributed by atoms with Crippen LogP contribution in [0.1, 0.15) is 37.7 Å². The maximum atomic E-state index is 13.4. The molecule has 4 nitrogen and oxygen atoms in total. The number of hydrogen-bond acceptors (Lipinski definition) is 2. The monoisotopic (exact) mass is 404 g/mol. The molecule has 2 amide bonds. The van der Waals surface area contributed by atoms with Crippen molar-refractivity contribution in [1.29, 1.82) is 0 Å². The van der Waals surface area contributed by atoms with Gasteiger partial charge in [0.25, 0.3) is 0 Å². The molecule has 1 unspecified atom stereocenters. The highest BCUT2D eigenvalue weighted by molar-refractivity contribution is 5.86. The van der Waals surface area contributed by atoms with Gasteiger partial charge in [0, 0.05) is 33.1 Å². The van der Waals surface area contributed by atoms with Crippen molar-refractivity contribution >= 4 is 11.8 Å². The molecule has 2 fully saturated rings. The molecule has 4 rings (SSSR count). The predicted octanol–water partition coefficient (Wildman–Crippen LogP) is 4.39. The molecule has 4 heteroatoms. The van der Waals surface area contributed by atoms with Crippen molar-refractivity contribution in [2.75, 3.05) is 27.2 Å². The Balaban J connectivity index is 1.64. The minimum atomic E-state index is -0.553. The summed E-state index contributed by atoms with van der Waals surface area (Å²) in [6.07, 6.45) is 5.68. The minimum Gasteiger partial charge on any atom is -0.348 e. The summed E-state index contributed by atoms with van der Waals surface area (Å²) in [5.74, 6) is 0.552. The maximum Gasteiger partial charge on any atom is 0.230 e. The van der Waals surface area contributed by atoms with E-state index >= 15 is 0 Å². The lowest BCUT2D eigenvalue weighted by Gasteiger charge is -2.32. The summed E-state index contributed by atoms with van der Waals surface area (Å²) in [5.41, 5.74) is 2.96. The summed E-state index contributed by atoms with van der Waals surface area (Å²) in [6, 6.07) is 18.7. The average Bonchev–Trinajstić information content (AvgIpc) is 3.45. The van der Waals surface area contributed by atoms with Crippen LogP contribution in [0.4, 0.5) is 0 Å². The second kappa shape index (κ2) is 8.63. The van der Waals surface area contributed by atoms with Gasteiger partial charge in [-0.15, -0.1) is 0 Å². The largest absolute Gasteiger partial charge is 0.348 e. The third-order valence-electron chi connectivity index (χ3n) is 6.86. The van der Waals surface area contributed by atoms with E-state index in [4.69, 9.17) is 0 Å². The quantitative estimate of drug-likeness (QED) is 0.741. The van der Waals surface area contributed by atoms with Crippen molar-refractivity contribution in [2.24, 2.45) is 11.3 Å². The van der Waals surface area contributed by atoms with Gasteiger partial charge in [-0.05, 0) is 42.4 Å². The van der Waals surface area contributed by atoms with Gasteiger partial charge in [-0.25, -0.2) is 0 Å². The van der Waals surface area contributed by atoms with Crippen LogP contribution < -0.4 is 0 Å². The molecule has 158 valence electrons. The Morgan fingerprint density at radius 2 is 1.67 bits per heavy atom. The Kier molecular flexibility index (Phi) is 5.94. The van der Waals surface area contributed by atoms with Crippen LogP contribution in [0.15, 0.2) is 54.6 Å². The highest BCUT2D eigenvalue weighted by Gasteiger charge is 2.47. The lowest BCUT2D eigenvalue weighted by Crippen LogP contribution is -2.45. The van der Waals surface area contributed by atoms with Crippen LogP contribution in [0.2, 0.25) is 0 Å². The van der Waals surface area contributed by atoms with Crippen molar-refractivity contribution in [3.8, 4) is 11.1 Å². The number of rotatable bonds is 5. The summed E-state index contributed by atoms with van der Waals surface area (Å²) in [4.78, 5) is 30.1. The molecule has 0 spiro atoms. The van der Waals surface area contributed by atoms with Gasteiger partial charge in [0.2, 0.25) is 11.8 Å². The molecule has 1 saturated carbocycles. The van der Waals surface area contributed by atoms with E-state index < -0.39 is 5.41 Å². The summed E-state index contributed by atoms with van der Waals surface area (Å²) in [6.45, 7) is 1.21. The Morgan fingerprint density at radius 1 is 1.00 bits per heavy atom. The van der Waals surface area contributed by atoms with Crippen LogP contribution in [0.5, 0.6) is 0 Å². The number of carbonyl (C=O) groups is 2. The first kappa shape index (κ1) is 20.6. The fraction of sp³-hybridized carbons (Fsp3) is 0.462. The molecule has 1 aliphatic heterocycles. The third-order valence-corrected chi connectivity index (χ3v) is 6.86. The van der Waals surface area contributed by atoms with E-state index in [1.165, 1.54) is 11.1 Å². The smallest absolute Gasteiger partial charge is 0.230 e. The van der Waals surface area contributed by atoms with Gasteiger partial charge in [0.15, 0.2) is 0 Å². The van der Waals surface area contributed by atoms with Crippen LogP contribution >= 0.6 is 0 Å². The first-order chi connectivity index (χ1) is 14.5. The Bertz CT molecular complexity index is 902. The zero-order valence-corrected chi connectivity index (χ0v) is 18.1. The fourth-order valence-corrected chi connectivity index (χ4v) is 5.30. The number of carbonyl (C=O) groups excluding carboxylic acids is 2. The van der Waals surface area contributed by atoms with Crippen LogP contribution in [0.3, 0.4) is 0 Å². The highest BCUT2D eigenvalue weighted by Crippen LogP contribution is 2.40. The van der Waals surface area contributed by atoms with Crippen LogP contribution in [-0.4, -0.2) is 48.8 Å². The Hall–Kier alpha value is -2.62. The van der Waals surface area contributed by atoms with E-state index in [1.807, 2.05) is 43.3 Å². The third kappa shape index (κ3) is 4.00. The van der Waals surface area contributed by atoms with Crippen molar-refractivity contribution in [3.05, 3.63) is 60.2 Å². The molecule has 1 saturated heterocycles. The summed E-state index contributed by atoms with van der Waals surface area (Å²) in [5, 5.41) is 0. The topological polar surface area (TPSA) is 40.6 Å². The zero-order chi connectivity index (χ0) is 21.1. The van der Waals surface area contributed by atoms with Crippen molar-refractivity contribution in [2.45, 2.75) is 38.5 Å². The van der Waals surface area contributed by atoms with Gasteiger partial charge in [-0.2, -0.15) is 0 Å². The molecule has 2 aromatic carbocycles. The molecule has 1 atom stereocenters. The number of amides is 2. The molecule has 30 heavy (non-hydrogen) atoms. The highest BCUT2D eigenvalue weighted by atomic mass is 16.2. The van der Waals surface area contributed by atoms with Gasteiger partial charge in [-0.3, -0.25) is 9.59 Å². The molecule has 1 aliphatic carbocycles. The van der Waals surface area contributed by atoms with Crippen LogP contribution in [-0.2, 0) is 16.0 Å². The standard InChI is InChI=1S/C26H32N2O2/c1-27(2)25(30)26(16-17-28(19-26)24(29)21-12-6-7-13-21)18-22-14-8-9-15-23(22)20-10-4-3-5-11-20/h3-5,8-11,14-15,21H,6-7,12-13,16-19H2,1-2H3. The zero-order valence-electron chi connectivity index (χ0n) is 18.1. The maximum absolute atomic E-state index is 13.4. The number of nitrogens with zero attached hydrogens (tertiary/aromatic N) is 2. The van der Waals surface area contributed by atoms with Crippen molar-refractivity contribution < 1.29 is 9.59 Å². The lowest BCUT2D eigenvalue weighted by molar-refractivity contribution is -0.140. The van der Waals surface area contributed by atoms with Gasteiger partial charge in [-0.1, -0.05) is 67.4 Å². The van der Waals surface area contributed by atoms with Gasteiger partial charge < -0.3 is 9.80 Å². The molecular formula is C26H32N2O2. The van der Waals surface area contributed by atoms with Crippen molar-refractivity contribution in [1.82, 2.24) is 9.80 Å². The first-order valence-corrected chi connectivity index (χ1v) is 11.1. The normalized spacial score (nSPS) is 21.7. The Labute approximate surface area is 179 Å². The predicted molar refractivity (Wildman–Crippen MR) is 120 cm³/mol. The van der Waals surface area contributed by atoms with E-state index in [2.05, 4.69) is 30.3 Å². The van der Waals surface area contributed by atoms with E-state index in [1.54, 1.807) is 4.90 Å². The summed E-state index contributed by atoms with van der Waals surface area (Å²) < 4.78 is 0. The number of hydrogen-bond donors (Lipinski definition) is 0. The SMILES string of the molecule is CN(C)C(=O)C1(Cc2ccccc2-c2ccccc2)CCN(C(=O)C2CCCC2)C1. The second-order valence-electron chi connectivity index (χ2n) is 9.17. The van der Waals surface area contributed by atoms with Crippen LogP contribution in [0, 0.1) is 11.3 Å². The van der Waals surface area contributed by atoms with Gasteiger partial charge in [0.1, 0.15) is 0 Å². The minimum absolute atomic E-state index is 0.132. The van der Waals surface area contributed by atoms with E-state index in [0.717, 1.165) is 37.7 Å². The molecule has 2 aliphatic rings. The molecular weight excluding hydrogens is 372 g/mol. The number of likely N-dealkylation sites (tertiary alicyclic amines) is 1. The van der Waals surface area contributed by atoms with Crippen LogP contribution in [0.25, 0.3) is 11.1 Å². The van der Waals surface area contributed by atoms with E-state index in [9.17, 15) is 9.59 Å². The van der Waals surface area contributed by atoms with E-state index in [-0.39, 0.29) is 17.7 Å². The average molecular weight is 405 g/mol. The second-order valence-corrected chi connectivity index (χ2v) is 9.17. The lowest BCUT2D eigenvalue weighted by atomic mass is 9.77. The molecule has 0 bridgehead atoms. The Morgan fingerprint density at radius 3 is 2.37 bits per heavy atom. The van der Waals surface area contributed by atoms with Gasteiger partial charge in [0.05, 0.1) is 5.41 Å². The molecule has 0 aromatic heterocycles. The van der Waals surface area contributed by atoms with Crippen molar-refractivity contribution in [3.63, 3.8) is 0 Å². The number of benzene rings is 2. The van der Waals surface area contributed by atoms with E-state index in [0.29, 0.717) is 19.5 Å². The molecule has 1 heterocycles. The summed E-state index contributed by atoms with van der Waals surface area (Å²) >= 11 is 0. The first-order valence-electron chi connectivity index (χ1n) is 11.1. The fourth-order valence-electron chi connectivity index (χ4n) is 5.30.